The zero-order valence-corrected chi connectivity index (χ0v) is 10.8. The van der Waals surface area contributed by atoms with Gasteiger partial charge in [0, 0.05) is 3.57 Å². The minimum Gasteiger partial charge on any atom is -0.493 e. The van der Waals surface area contributed by atoms with E-state index in [1.165, 1.54) is 6.92 Å². The fourth-order valence-electron chi connectivity index (χ4n) is 1.14. The molecule has 0 fully saturated rings. The lowest BCUT2D eigenvalue weighted by Gasteiger charge is -2.10. The maximum Gasteiger partial charge on any atom is 0.164 e. The van der Waals surface area contributed by atoms with E-state index in [-0.39, 0.29) is 5.78 Å². The molecule has 0 aromatic heterocycles. The first-order valence-electron chi connectivity index (χ1n) is 4.19. The zero-order chi connectivity index (χ0) is 10.7. The highest BCUT2D eigenvalue weighted by Gasteiger charge is 2.14. The molecule has 0 N–H and O–H groups in total. The second-order valence-electron chi connectivity index (χ2n) is 2.72. The molecule has 2 nitrogen and oxygen atoms in total. The van der Waals surface area contributed by atoms with Gasteiger partial charge in [-0.1, -0.05) is 11.6 Å². The van der Waals surface area contributed by atoms with E-state index >= 15 is 0 Å². The van der Waals surface area contributed by atoms with Gasteiger partial charge in [-0.25, -0.2) is 0 Å². The van der Waals surface area contributed by atoms with Gasteiger partial charge >= 0.3 is 0 Å². The Morgan fingerprint density at radius 3 is 2.71 bits per heavy atom. The van der Waals surface area contributed by atoms with Gasteiger partial charge in [0.2, 0.25) is 0 Å². The highest BCUT2D eigenvalue weighted by molar-refractivity contribution is 14.1. The molecular weight excluding hydrogens is 314 g/mol. The van der Waals surface area contributed by atoms with Crippen molar-refractivity contribution in [2.45, 2.75) is 13.8 Å². The third-order valence-electron chi connectivity index (χ3n) is 1.71. The number of ether oxygens (including phenoxy) is 1. The van der Waals surface area contributed by atoms with Crippen LogP contribution in [0.2, 0.25) is 5.02 Å². The number of carbonyl (C=O) groups excluding carboxylic acids is 1. The Morgan fingerprint density at radius 2 is 2.21 bits per heavy atom. The number of halogens is 2. The molecular formula is C10H10ClIO2. The lowest BCUT2D eigenvalue weighted by Crippen LogP contribution is -2.03. The Bertz CT molecular complexity index is 363. The number of hydrogen-bond acceptors (Lipinski definition) is 2. The first-order chi connectivity index (χ1) is 6.57. The Balaban J connectivity index is 3.30. The van der Waals surface area contributed by atoms with Gasteiger partial charge in [-0.3, -0.25) is 4.79 Å². The zero-order valence-electron chi connectivity index (χ0n) is 7.93. The summed E-state index contributed by atoms with van der Waals surface area (Å²) in [4.78, 5) is 11.4. The molecule has 0 saturated heterocycles. The first-order valence-corrected chi connectivity index (χ1v) is 5.65. The molecule has 0 heterocycles. The molecule has 14 heavy (non-hydrogen) atoms. The molecule has 0 unspecified atom stereocenters. The van der Waals surface area contributed by atoms with E-state index in [2.05, 4.69) is 22.6 Å². The summed E-state index contributed by atoms with van der Waals surface area (Å²) in [5.74, 6) is 0.578. The van der Waals surface area contributed by atoms with Crippen molar-refractivity contribution < 1.29 is 9.53 Å². The van der Waals surface area contributed by atoms with Crippen molar-refractivity contribution in [3.05, 3.63) is 26.3 Å². The van der Waals surface area contributed by atoms with Crippen LogP contribution in [0.15, 0.2) is 12.1 Å². The molecule has 76 valence electrons. The monoisotopic (exact) mass is 324 g/mol. The fraction of sp³-hybridized carbons (Fsp3) is 0.300. The molecule has 1 rings (SSSR count). The van der Waals surface area contributed by atoms with Gasteiger partial charge < -0.3 is 4.74 Å². The summed E-state index contributed by atoms with van der Waals surface area (Å²) in [6.45, 7) is 3.93. The van der Waals surface area contributed by atoms with E-state index in [1.807, 2.05) is 6.92 Å². The molecule has 0 saturated carbocycles. The van der Waals surface area contributed by atoms with Crippen molar-refractivity contribution >= 4 is 40.0 Å². The Labute approximate surface area is 102 Å². The predicted octanol–water partition coefficient (Wildman–Crippen LogP) is 3.55. The molecule has 0 bridgehead atoms. The minimum atomic E-state index is -0.0275. The second-order valence-corrected chi connectivity index (χ2v) is 4.21. The second kappa shape index (κ2) is 4.98. The van der Waals surface area contributed by atoms with E-state index in [9.17, 15) is 4.79 Å². The summed E-state index contributed by atoms with van der Waals surface area (Å²) in [7, 11) is 0. The van der Waals surface area contributed by atoms with Crippen LogP contribution in [0.4, 0.5) is 0 Å². The van der Waals surface area contributed by atoms with Crippen LogP contribution in [0.3, 0.4) is 0 Å². The highest BCUT2D eigenvalue weighted by Crippen LogP contribution is 2.30. The summed E-state index contributed by atoms with van der Waals surface area (Å²) in [6.07, 6.45) is 0. The normalized spacial score (nSPS) is 10.0. The summed E-state index contributed by atoms with van der Waals surface area (Å²) in [5, 5.41) is 0.583. The average molecular weight is 325 g/mol. The van der Waals surface area contributed by atoms with Gasteiger partial charge in [0.25, 0.3) is 0 Å². The van der Waals surface area contributed by atoms with E-state index < -0.39 is 0 Å². The van der Waals surface area contributed by atoms with Crippen LogP contribution in [-0.2, 0) is 0 Å². The minimum absolute atomic E-state index is 0.0275. The maximum absolute atomic E-state index is 11.4. The van der Waals surface area contributed by atoms with Gasteiger partial charge in [-0.2, -0.15) is 0 Å². The van der Waals surface area contributed by atoms with E-state index in [0.717, 1.165) is 3.57 Å². The summed E-state index contributed by atoms with van der Waals surface area (Å²) in [5.41, 5.74) is 0.569. The lowest BCUT2D eigenvalue weighted by molar-refractivity contribution is 0.101. The van der Waals surface area contributed by atoms with Gasteiger partial charge in [-0.15, -0.1) is 0 Å². The molecule has 0 spiro atoms. The van der Waals surface area contributed by atoms with E-state index in [4.69, 9.17) is 16.3 Å². The summed E-state index contributed by atoms with van der Waals surface area (Å²) < 4.78 is 6.10. The molecule has 0 aliphatic carbocycles. The van der Waals surface area contributed by atoms with E-state index in [1.54, 1.807) is 12.1 Å². The van der Waals surface area contributed by atoms with Gasteiger partial charge in [-0.05, 0) is 48.6 Å². The number of Topliss-reactive ketones (excluding diaryl/α,β-unsaturated/α-hetero) is 1. The highest BCUT2D eigenvalue weighted by atomic mass is 127. The SMILES string of the molecule is CCOc1ccc(Cl)c(I)c1C(C)=O. The number of benzene rings is 1. The number of carbonyl (C=O) groups is 1. The van der Waals surface area contributed by atoms with Crippen LogP contribution >= 0.6 is 34.2 Å². The van der Waals surface area contributed by atoms with Gasteiger partial charge in [0.05, 0.1) is 17.2 Å². The Kier molecular flexibility index (Phi) is 4.19. The third-order valence-corrected chi connectivity index (χ3v) is 3.46. The smallest absolute Gasteiger partial charge is 0.164 e. The van der Waals surface area contributed by atoms with Crippen LogP contribution in [0.25, 0.3) is 0 Å². The number of rotatable bonds is 3. The molecule has 0 aliphatic rings. The van der Waals surface area contributed by atoms with Crippen molar-refractivity contribution in [1.82, 2.24) is 0 Å². The van der Waals surface area contributed by atoms with Crippen molar-refractivity contribution in [2.75, 3.05) is 6.61 Å². The molecule has 0 aliphatic heterocycles. The summed E-state index contributed by atoms with van der Waals surface area (Å²) in [6, 6.07) is 3.46. The van der Waals surface area contributed by atoms with Crippen molar-refractivity contribution in [3.63, 3.8) is 0 Å². The first kappa shape index (κ1) is 11.8. The summed E-state index contributed by atoms with van der Waals surface area (Å²) >= 11 is 7.97. The standard InChI is InChI=1S/C10H10ClIO2/c1-3-14-8-5-4-7(11)10(12)9(8)6(2)13/h4-5H,3H2,1-2H3. The van der Waals surface area contributed by atoms with Gasteiger partial charge in [0.1, 0.15) is 5.75 Å². The number of ketones is 1. The van der Waals surface area contributed by atoms with Crippen LogP contribution in [0.1, 0.15) is 24.2 Å². The maximum atomic E-state index is 11.4. The van der Waals surface area contributed by atoms with Crippen molar-refractivity contribution in [3.8, 4) is 5.75 Å². The Hall–Kier alpha value is -0.290. The lowest BCUT2D eigenvalue weighted by atomic mass is 10.1. The van der Waals surface area contributed by atoms with Crippen LogP contribution in [0, 0.1) is 3.57 Å². The average Bonchev–Trinajstić information content (AvgIpc) is 2.11. The molecule has 4 heteroatoms. The third kappa shape index (κ3) is 2.39. The van der Waals surface area contributed by atoms with Gasteiger partial charge in [0.15, 0.2) is 5.78 Å². The molecule has 1 aromatic rings. The Morgan fingerprint density at radius 1 is 1.57 bits per heavy atom. The van der Waals surface area contributed by atoms with E-state index in [0.29, 0.717) is 22.9 Å². The molecule has 1 aromatic carbocycles. The fourth-order valence-corrected chi connectivity index (χ4v) is 2.12. The molecule has 0 atom stereocenters. The number of hydrogen-bond donors (Lipinski definition) is 0. The largest absolute Gasteiger partial charge is 0.493 e. The molecule has 0 radical (unpaired) electrons. The predicted molar refractivity (Wildman–Crippen MR) is 65.3 cm³/mol. The molecule has 0 amide bonds. The van der Waals surface area contributed by atoms with Crippen LogP contribution in [0.5, 0.6) is 5.75 Å². The van der Waals surface area contributed by atoms with Crippen LogP contribution in [-0.4, -0.2) is 12.4 Å². The topological polar surface area (TPSA) is 26.3 Å². The van der Waals surface area contributed by atoms with Crippen molar-refractivity contribution in [1.29, 1.82) is 0 Å². The quantitative estimate of drug-likeness (QED) is 0.628. The van der Waals surface area contributed by atoms with Crippen LogP contribution < -0.4 is 4.74 Å². The van der Waals surface area contributed by atoms with Crippen molar-refractivity contribution in [2.24, 2.45) is 0 Å².